The number of hydrogen-bond donors (Lipinski definition) is 10. The molecule has 1 aromatic heterocycles. The van der Waals surface area contributed by atoms with Crippen LogP contribution in [0.5, 0.6) is 5.75 Å². The molecule has 1 aromatic carbocycles. The third-order valence-electron chi connectivity index (χ3n) is 5.72. The number of aliphatic carboxylic acids is 1. The van der Waals surface area contributed by atoms with Crippen molar-refractivity contribution < 1.29 is 34.5 Å². The number of aromatic nitrogens is 2. The second-order valence-corrected chi connectivity index (χ2v) is 8.91. The zero-order valence-electron chi connectivity index (χ0n) is 21.6. The SMILES string of the molecule is NC(N)=NCCCC(NC(=O)C(CO)NC(=O)C(N)Cc1cnc[nH]1)C(=O)NC(Cc1ccc(O)cc1)C(=O)O. The van der Waals surface area contributed by atoms with Crippen LogP contribution in [0.15, 0.2) is 41.8 Å². The van der Waals surface area contributed by atoms with Crippen LogP contribution in [-0.4, -0.2) is 92.3 Å². The minimum absolute atomic E-state index is 0.00370. The summed E-state index contributed by atoms with van der Waals surface area (Å²) in [6, 6.07) is 0.670. The zero-order chi connectivity index (χ0) is 29.7. The lowest BCUT2D eigenvalue weighted by Gasteiger charge is -2.24. The van der Waals surface area contributed by atoms with Crippen LogP contribution in [0, 0.1) is 0 Å². The molecule has 0 aliphatic carbocycles. The van der Waals surface area contributed by atoms with Crippen molar-refractivity contribution in [2.75, 3.05) is 13.2 Å². The molecule has 0 saturated carbocycles. The van der Waals surface area contributed by atoms with Gasteiger partial charge in [-0.3, -0.25) is 19.4 Å². The predicted octanol–water partition coefficient (Wildman–Crippen LogP) is -3.19. The van der Waals surface area contributed by atoms with Gasteiger partial charge in [-0.1, -0.05) is 12.1 Å². The van der Waals surface area contributed by atoms with E-state index < -0.39 is 54.5 Å². The van der Waals surface area contributed by atoms with E-state index >= 15 is 0 Å². The maximum absolute atomic E-state index is 13.1. The number of phenolic OH excluding ortho intramolecular Hbond substituents is 1. The number of carbonyl (C=O) groups excluding carboxylic acids is 3. The number of H-pyrrole nitrogens is 1. The number of aliphatic hydroxyl groups is 1. The van der Waals surface area contributed by atoms with Crippen molar-refractivity contribution in [2.24, 2.45) is 22.2 Å². The molecular weight excluding hydrogens is 526 g/mol. The lowest BCUT2D eigenvalue weighted by Crippen LogP contribution is -2.58. The highest BCUT2D eigenvalue weighted by Gasteiger charge is 2.30. The number of benzene rings is 1. The molecule has 0 fully saturated rings. The van der Waals surface area contributed by atoms with E-state index in [1.165, 1.54) is 36.8 Å². The number of aromatic amines is 1. The number of amides is 3. The third-order valence-corrected chi connectivity index (χ3v) is 5.72. The number of nitrogens with one attached hydrogen (secondary N) is 4. The van der Waals surface area contributed by atoms with Crippen molar-refractivity contribution in [1.82, 2.24) is 25.9 Å². The molecule has 0 aliphatic heterocycles. The van der Waals surface area contributed by atoms with Crippen molar-refractivity contribution >= 4 is 29.7 Å². The smallest absolute Gasteiger partial charge is 0.326 e. The van der Waals surface area contributed by atoms with Gasteiger partial charge in [0.1, 0.15) is 23.9 Å². The van der Waals surface area contributed by atoms with E-state index in [1.807, 2.05) is 0 Å². The largest absolute Gasteiger partial charge is 0.508 e. The van der Waals surface area contributed by atoms with Crippen LogP contribution < -0.4 is 33.2 Å². The molecule has 0 spiro atoms. The standard InChI is InChI=1S/C24H35N9O7/c25-16(9-14-10-28-12-30-14)20(36)33-19(11-34)22(38)31-17(2-1-7-29-24(26)27)21(37)32-18(23(39)40)8-13-3-5-15(35)6-4-13/h3-6,10,12,16-19,34-35H,1-2,7-9,11,25H2,(H,28,30)(H,31,38)(H,32,37)(H,33,36)(H,39,40)(H4,26,27,29). The second kappa shape index (κ2) is 15.6. The van der Waals surface area contributed by atoms with Crippen LogP contribution in [-0.2, 0) is 32.0 Å². The van der Waals surface area contributed by atoms with Crippen molar-refractivity contribution in [3.63, 3.8) is 0 Å². The highest BCUT2D eigenvalue weighted by Crippen LogP contribution is 2.12. The number of imidazole rings is 1. The monoisotopic (exact) mass is 561 g/mol. The Labute approximate surface area is 229 Å². The Morgan fingerprint density at radius 1 is 0.950 bits per heavy atom. The molecule has 40 heavy (non-hydrogen) atoms. The van der Waals surface area contributed by atoms with Gasteiger partial charge in [-0.15, -0.1) is 0 Å². The Balaban J connectivity index is 2.09. The minimum atomic E-state index is -1.44. The van der Waals surface area contributed by atoms with E-state index in [2.05, 4.69) is 30.9 Å². The van der Waals surface area contributed by atoms with Crippen molar-refractivity contribution in [1.29, 1.82) is 0 Å². The van der Waals surface area contributed by atoms with Gasteiger partial charge in [0.15, 0.2) is 5.96 Å². The van der Waals surface area contributed by atoms with Gasteiger partial charge in [0.2, 0.25) is 17.7 Å². The lowest BCUT2D eigenvalue weighted by atomic mass is 10.0. The fourth-order valence-corrected chi connectivity index (χ4v) is 3.58. The average Bonchev–Trinajstić information content (AvgIpc) is 3.42. The van der Waals surface area contributed by atoms with Gasteiger partial charge in [-0.05, 0) is 30.5 Å². The first kappa shape index (κ1) is 31.5. The zero-order valence-corrected chi connectivity index (χ0v) is 21.6. The topological polar surface area (TPSA) is 284 Å². The molecule has 4 atom stereocenters. The molecular formula is C24H35N9O7. The number of nitrogens with two attached hydrogens (primary N) is 3. The maximum Gasteiger partial charge on any atom is 0.326 e. The van der Waals surface area contributed by atoms with E-state index in [0.29, 0.717) is 11.3 Å². The van der Waals surface area contributed by atoms with E-state index in [1.54, 1.807) is 0 Å². The lowest BCUT2D eigenvalue weighted by molar-refractivity contribution is -0.142. The van der Waals surface area contributed by atoms with Crippen LogP contribution in [0.4, 0.5) is 0 Å². The van der Waals surface area contributed by atoms with Crippen LogP contribution in [0.1, 0.15) is 24.1 Å². The van der Waals surface area contributed by atoms with Crippen molar-refractivity contribution in [3.05, 3.63) is 48.0 Å². The third kappa shape index (κ3) is 10.6. The number of phenols is 1. The Morgan fingerprint density at radius 2 is 1.57 bits per heavy atom. The van der Waals surface area contributed by atoms with Crippen molar-refractivity contribution in [3.8, 4) is 5.75 Å². The summed E-state index contributed by atoms with van der Waals surface area (Å²) in [5, 5.41) is 36.0. The van der Waals surface area contributed by atoms with Gasteiger partial charge in [0.05, 0.1) is 19.0 Å². The summed E-state index contributed by atoms with van der Waals surface area (Å²) < 4.78 is 0. The molecule has 0 aliphatic rings. The quantitative estimate of drug-likeness (QED) is 0.0553. The molecule has 218 valence electrons. The number of aromatic hydroxyl groups is 1. The van der Waals surface area contributed by atoms with Crippen molar-refractivity contribution in [2.45, 2.75) is 49.9 Å². The molecule has 0 radical (unpaired) electrons. The first-order valence-electron chi connectivity index (χ1n) is 12.3. The van der Waals surface area contributed by atoms with Gasteiger partial charge in [0.25, 0.3) is 0 Å². The Hall–Kier alpha value is -4.70. The normalized spacial score (nSPS) is 13.8. The first-order chi connectivity index (χ1) is 19.0. The molecule has 0 bridgehead atoms. The van der Waals surface area contributed by atoms with Gasteiger partial charge < -0.3 is 53.5 Å². The molecule has 16 heteroatoms. The number of nitrogens with zero attached hydrogens (tertiary/aromatic N) is 2. The molecule has 13 N–H and O–H groups in total. The van der Waals surface area contributed by atoms with E-state index in [4.69, 9.17) is 17.2 Å². The summed E-state index contributed by atoms with van der Waals surface area (Å²) in [4.78, 5) is 60.8. The molecule has 0 saturated heterocycles. The summed E-state index contributed by atoms with van der Waals surface area (Å²) in [6.07, 6.45) is 3.14. The number of rotatable bonds is 16. The maximum atomic E-state index is 13.1. The molecule has 1 heterocycles. The summed E-state index contributed by atoms with van der Waals surface area (Å²) in [5.41, 5.74) is 17.6. The summed E-state index contributed by atoms with van der Waals surface area (Å²) >= 11 is 0. The Kier molecular flexibility index (Phi) is 12.3. The Morgan fingerprint density at radius 3 is 2.15 bits per heavy atom. The predicted molar refractivity (Wildman–Crippen MR) is 143 cm³/mol. The fraction of sp³-hybridized carbons (Fsp3) is 0.417. The molecule has 4 unspecified atom stereocenters. The number of guanidine groups is 1. The van der Waals surface area contributed by atoms with Crippen LogP contribution >= 0.6 is 0 Å². The first-order valence-corrected chi connectivity index (χ1v) is 12.3. The second-order valence-electron chi connectivity index (χ2n) is 8.91. The van der Waals surface area contributed by atoms with E-state index in [9.17, 15) is 34.5 Å². The van der Waals surface area contributed by atoms with Gasteiger partial charge in [-0.25, -0.2) is 9.78 Å². The number of aliphatic hydroxyl groups excluding tert-OH is 1. The van der Waals surface area contributed by atoms with Gasteiger partial charge >= 0.3 is 5.97 Å². The number of aliphatic imine (C=N–C) groups is 1. The minimum Gasteiger partial charge on any atom is -0.508 e. The summed E-state index contributed by atoms with van der Waals surface area (Å²) in [5.74, 6) is -3.92. The van der Waals surface area contributed by atoms with Crippen LogP contribution in [0.2, 0.25) is 0 Å². The van der Waals surface area contributed by atoms with Crippen LogP contribution in [0.25, 0.3) is 0 Å². The Bertz CT molecular complexity index is 1150. The summed E-state index contributed by atoms with van der Waals surface area (Å²) in [6.45, 7) is -0.671. The molecule has 3 amide bonds. The number of carboxylic acids is 1. The van der Waals surface area contributed by atoms with Crippen LogP contribution in [0.3, 0.4) is 0 Å². The van der Waals surface area contributed by atoms with Gasteiger partial charge in [0, 0.05) is 31.3 Å². The fourth-order valence-electron chi connectivity index (χ4n) is 3.58. The van der Waals surface area contributed by atoms with E-state index in [0.717, 1.165) is 0 Å². The molecule has 2 rings (SSSR count). The molecule has 2 aromatic rings. The number of hydrogen-bond acceptors (Lipinski definition) is 9. The number of carbonyl (C=O) groups is 4. The average molecular weight is 562 g/mol. The summed E-state index contributed by atoms with van der Waals surface area (Å²) in [7, 11) is 0. The number of carboxylic acid groups (broad SMARTS) is 1. The highest BCUT2D eigenvalue weighted by molar-refractivity contribution is 5.94. The van der Waals surface area contributed by atoms with Gasteiger partial charge in [-0.2, -0.15) is 0 Å². The molecule has 16 nitrogen and oxygen atoms in total. The highest BCUT2D eigenvalue weighted by atomic mass is 16.4. The van der Waals surface area contributed by atoms with E-state index in [-0.39, 0.29) is 43.9 Å².